The average molecular weight is 341 g/mol. The standard InChI is InChI=1S/C14H17BrN2O3/c15-13-8-7-11(17(19)20)9-12(13)14(18)16-10-5-3-1-2-4-6-10/h7-10H,1-6H2,(H,16,18). The Morgan fingerprint density at radius 1 is 1.25 bits per heavy atom. The summed E-state index contributed by atoms with van der Waals surface area (Å²) >= 11 is 3.28. The van der Waals surface area contributed by atoms with Gasteiger partial charge in [0.15, 0.2) is 0 Å². The Labute approximate surface area is 126 Å². The maximum absolute atomic E-state index is 12.3. The van der Waals surface area contributed by atoms with Crippen molar-refractivity contribution in [2.45, 2.75) is 44.6 Å². The van der Waals surface area contributed by atoms with Gasteiger partial charge in [-0.3, -0.25) is 14.9 Å². The highest BCUT2D eigenvalue weighted by atomic mass is 79.9. The van der Waals surface area contributed by atoms with Gasteiger partial charge >= 0.3 is 0 Å². The molecule has 0 radical (unpaired) electrons. The molecule has 108 valence electrons. The van der Waals surface area contributed by atoms with Crippen LogP contribution in [0.3, 0.4) is 0 Å². The fraction of sp³-hybridized carbons (Fsp3) is 0.500. The van der Waals surface area contributed by atoms with E-state index in [0.717, 1.165) is 25.7 Å². The first kappa shape index (κ1) is 15.0. The molecule has 1 amide bonds. The van der Waals surface area contributed by atoms with E-state index in [9.17, 15) is 14.9 Å². The smallest absolute Gasteiger partial charge is 0.270 e. The normalized spacial score (nSPS) is 16.4. The third kappa shape index (κ3) is 3.79. The fourth-order valence-corrected chi connectivity index (χ4v) is 2.91. The van der Waals surface area contributed by atoms with Crippen molar-refractivity contribution in [3.05, 3.63) is 38.3 Å². The number of non-ortho nitro benzene ring substituents is 1. The summed E-state index contributed by atoms with van der Waals surface area (Å²) in [4.78, 5) is 22.5. The number of hydrogen-bond acceptors (Lipinski definition) is 3. The molecule has 0 atom stereocenters. The van der Waals surface area contributed by atoms with E-state index in [1.165, 1.54) is 25.0 Å². The number of hydrogen-bond donors (Lipinski definition) is 1. The second-order valence-electron chi connectivity index (χ2n) is 5.08. The summed E-state index contributed by atoms with van der Waals surface area (Å²) in [7, 11) is 0. The summed E-state index contributed by atoms with van der Waals surface area (Å²) in [6, 6.07) is 4.42. The maximum atomic E-state index is 12.3. The molecule has 20 heavy (non-hydrogen) atoms. The lowest BCUT2D eigenvalue weighted by atomic mass is 10.1. The quantitative estimate of drug-likeness (QED) is 0.516. The van der Waals surface area contributed by atoms with Crippen molar-refractivity contribution in [3.8, 4) is 0 Å². The molecule has 2 rings (SSSR count). The van der Waals surface area contributed by atoms with Crippen LogP contribution in [0.15, 0.2) is 22.7 Å². The van der Waals surface area contributed by atoms with Crippen LogP contribution in [0, 0.1) is 10.1 Å². The molecule has 1 N–H and O–H groups in total. The molecule has 1 saturated carbocycles. The Bertz CT molecular complexity index is 511. The Morgan fingerprint density at radius 3 is 2.50 bits per heavy atom. The lowest BCUT2D eigenvalue weighted by molar-refractivity contribution is -0.384. The van der Waals surface area contributed by atoms with E-state index in [-0.39, 0.29) is 17.6 Å². The molecule has 0 unspecified atom stereocenters. The van der Waals surface area contributed by atoms with Gasteiger partial charge in [-0.15, -0.1) is 0 Å². The highest BCUT2D eigenvalue weighted by Crippen LogP contribution is 2.23. The lowest BCUT2D eigenvalue weighted by Crippen LogP contribution is -2.34. The zero-order valence-corrected chi connectivity index (χ0v) is 12.7. The molecule has 0 aliphatic heterocycles. The summed E-state index contributed by atoms with van der Waals surface area (Å²) in [6.07, 6.45) is 6.65. The summed E-state index contributed by atoms with van der Waals surface area (Å²) in [5.41, 5.74) is 0.252. The second kappa shape index (κ2) is 6.83. The van der Waals surface area contributed by atoms with E-state index in [1.807, 2.05) is 0 Å². The van der Waals surface area contributed by atoms with Crippen molar-refractivity contribution in [2.75, 3.05) is 0 Å². The number of nitro groups is 1. The van der Waals surface area contributed by atoms with Gasteiger partial charge in [-0.1, -0.05) is 25.7 Å². The number of nitro benzene ring substituents is 1. The van der Waals surface area contributed by atoms with E-state index < -0.39 is 4.92 Å². The van der Waals surface area contributed by atoms with Gasteiger partial charge < -0.3 is 5.32 Å². The first-order valence-electron chi connectivity index (χ1n) is 6.83. The van der Waals surface area contributed by atoms with E-state index in [0.29, 0.717) is 10.0 Å². The van der Waals surface area contributed by atoms with Crippen molar-refractivity contribution in [3.63, 3.8) is 0 Å². The number of nitrogens with one attached hydrogen (secondary N) is 1. The number of rotatable bonds is 3. The number of amides is 1. The lowest BCUT2D eigenvalue weighted by Gasteiger charge is -2.16. The average Bonchev–Trinajstić information content (AvgIpc) is 2.67. The van der Waals surface area contributed by atoms with Crippen LogP contribution in [0.5, 0.6) is 0 Å². The third-order valence-electron chi connectivity index (χ3n) is 3.60. The van der Waals surface area contributed by atoms with Crippen molar-refractivity contribution >= 4 is 27.5 Å². The molecule has 1 aliphatic rings. The second-order valence-corrected chi connectivity index (χ2v) is 5.94. The predicted octanol–water partition coefficient (Wildman–Crippen LogP) is 3.81. The van der Waals surface area contributed by atoms with Gasteiger partial charge in [-0.25, -0.2) is 0 Å². The van der Waals surface area contributed by atoms with Gasteiger partial charge in [0.2, 0.25) is 0 Å². The van der Waals surface area contributed by atoms with Gasteiger partial charge in [0.25, 0.3) is 11.6 Å². The van der Waals surface area contributed by atoms with Crippen LogP contribution in [-0.4, -0.2) is 16.9 Å². The van der Waals surface area contributed by atoms with Crippen LogP contribution >= 0.6 is 15.9 Å². The zero-order valence-electron chi connectivity index (χ0n) is 11.1. The largest absolute Gasteiger partial charge is 0.349 e. The number of halogens is 1. The number of nitrogens with zero attached hydrogens (tertiary/aromatic N) is 1. The van der Waals surface area contributed by atoms with Crippen molar-refractivity contribution in [2.24, 2.45) is 0 Å². The number of benzene rings is 1. The highest BCUT2D eigenvalue weighted by molar-refractivity contribution is 9.10. The van der Waals surface area contributed by atoms with Crippen LogP contribution in [0.4, 0.5) is 5.69 Å². The zero-order chi connectivity index (χ0) is 14.5. The van der Waals surface area contributed by atoms with Crippen LogP contribution in [-0.2, 0) is 0 Å². The molecular formula is C14H17BrN2O3. The molecule has 0 aromatic heterocycles. The first-order valence-corrected chi connectivity index (χ1v) is 7.62. The predicted molar refractivity (Wildman–Crippen MR) is 79.8 cm³/mol. The van der Waals surface area contributed by atoms with Crippen LogP contribution in [0.2, 0.25) is 0 Å². The van der Waals surface area contributed by atoms with Gasteiger partial charge in [0.1, 0.15) is 0 Å². The Hall–Kier alpha value is -1.43. The molecule has 6 heteroatoms. The van der Waals surface area contributed by atoms with Gasteiger partial charge in [-0.2, -0.15) is 0 Å². The molecule has 0 saturated heterocycles. The summed E-state index contributed by atoms with van der Waals surface area (Å²) in [6.45, 7) is 0. The molecule has 5 nitrogen and oxygen atoms in total. The molecule has 1 aliphatic carbocycles. The topological polar surface area (TPSA) is 72.2 Å². The Morgan fingerprint density at radius 2 is 1.90 bits per heavy atom. The minimum absolute atomic E-state index is 0.0702. The highest BCUT2D eigenvalue weighted by Gasteiger charge is 2.19. The molecule has 0 bridgehead atoms. The van der Waals surface area contributed by atoms with Gasteiger partial charge in [0, 0.05) is 22.6 Å². The molecule has 1 aromatic rings. The molecule has 1 fully saturated rings. The van der Waals surface area contributed by atoms with E-state index in [4.69, 9.17) is 0 Å². The molecular weight excluding hydrogens is 324 g/mol. The Kier molecular flexibility index (Phi) is 5.11. The van der Waals surface area contributed by atoms with Gasteiger partial charge in [-0.05, 0) is 34.8 Å². The monoisotopic (exact) mass is 340 g/mol. The maximum Gasteiger partial charge on any atom is 0.270 e. The SMILES string of the molecule is O=C(NC1CCCCCC1)c1cc([N+](=O)[O-])ccc1Br. The summed E-state index contributed by atoms with van der Waals surface area (Å²) in [5.74, 6) is -0.243. The van der Waals surface area contributed by atoms with Crippen molar-refractivity contribution in [1.82, 2.24) is 5.32 Å². The van der Waals surface area contributed by atoms with Crippen LogP contribution < -0.4 is 5.32 Å². The van der Waals surface area contributed by atoms with E-state index in [2.05, 4.69) is 21.2 Å². The van der Waals surface area contributed by atoms with Crippen molar-refractivity contribution < 1.29 is 9.72 Å². The Balaban J connectivity index is 2.11. The number of carbonyl (C=O) groups is 1. The van der Waals surface area contributed by atoms with E-state index >= 15 is 0 Å². The molecule has 1 aromatic carbocycles. The number of carbonyl (C=O) groups excluding carboxylic acids is 1. The fourth-order valence-electron chi connectivity index (χ4n) is 2.49. The summed E-state index contributed by atoms with van der Waals surface area (Å²) < 4.78 is 0.578. The van der Waals surface area contributed by atoms with Crippen molar-refractivity contribution in [1.29, 1.82) is 0 Å². The van der Waals surface area contributed by atoms with Crippen LogP contribution in [0.1, 0.15) is 48.9 Å². The van der Waals surface area contributed by atoms with Crippen LogP contribution in [0.25, 0.3) is 0 Å². The molecule has 0 spiro atoms. The minimum Gasteiger partial charge on any atom is -0.349 e. The summed E-state index contributed by atoms with van der Waals surface area (Å²) in [5, 5.41) is 13.8. The van der Waals surface area contributed by atoms with Gasteiger partial charge in [0.05, 0.1) is 10.5 Å². The molecule has 0 heterocycles. The third-order valence-corrected chi connectivity index (χ3v) is 4.29. The van der Waals surface area contributed by atoms with E-state index in [1.54, 1.807) is 6.07 Å². The minimum atomic E-state index is -0.491. The first-order chi connectivity index (χ1) is 9.58.